The largest absolute Gasteiger partial charge is 0.361 e. The summed E-state index contributed by atoms with van der Waals surface area (Å²) in [6, 6.07) is 12.6. The number of hydrogen-bond donors (Lipinski definition) is 0. The second-order valence-electron chi connectivity index (χ2n) is 6.88. The molecule has 0 spiro atoms. The van der Waals surface area contributed by atoms with Crippen LogP contribution in [0.1, 0.15) is 88.1 Å². The number of hydrogen-bond acceptors (Lipinski definition) is 2. The van der Waals surface area contributed by atoms with Crippen LogP contribution < -0.4 is 0 Å². The van der Waals surface area contributed by atoms with Crippen molar-refractivity contribution >= 4 is 0 Å². The summed E-state index contributed by atoms with van der Waals surface area (Å²) >= 11 is 0. The number of unbranched alkanes of at least 4 members (excludes halogenated alkanes) is 9. The molecule has 2 aromatic rings. The van der Waals surface area contributed by atoms with Gasteiger partial charge >= 0.3 is 0 Å². The van der Waals surface area contributed by atoms with E-state index < -0.39 is 0 Å². The van der Waals surface area contributed by atoms with Crippen LogP contribution in [0.15, 0.2) is 40.9 Å². The minimum atomic E-state index is 0.863. The van der Waals surface area contributed by atoms with Crippen molar-refractivity contribution in [2.75, 3.05) is 0 Å². The fourth-order valence-electron chi connectivity index (χ4n) is 3.15. The second kappa shape index (κ2) is 11.9. The molecule has 132 valence electrons. The lowest BCUT2D eigenvalue weighted by molar-refractivity contribution is 0.373. The SMILES string of the molecule is CCCCCCCCCCCCc1cc(Cc2ccccc2)no1. The maximum atomic E-state index is 5.47. The molecule has 0 saturated carbocycles. The highest BCUT2D eigenvalue weighted by atomic mass is 16.5. The number of aryl methyl sites for hydroxylation is 1. The van der Waals surface area contributed by atoms with Crippen molar-refractivity contribution in [1.82, 2.24) is 5.16 Å². The van der Waals surface area contributed by atoms with Gasteiger partial charge in [-0.25, -0.2) is 0 Å². The summed E-state index contributed by atoms with van der Waals surface area (Å²) in [7, 11) is 0. The van der Waals surface area contributed by atoms with E-state index in [0.29, 0.717) is 0 Å². The van der Waals surface area contributed by atoms with Crippen molar-refractivity contribution in [2.45, 2.75) is 84.0 Å². The van der Waals surface area contributed by atoms with Crippen LogP contribution >= 0.6 is 0 Å². The molecule has 0 fully saturated rings. The van der Waals surface area contributed by atoms with Crippen LogP contribution in [0.5, 0.6) is 0 Å². The third kappa shape index (κ3) is 7.81. The molecule has 0 bridgehead atoms. The summed E-state index contributed by atoms with van der Waals surface area (Å²) < 4.78 is 5.47. The lowest BCUT2D eigenvalue weighted by atomic mass is 10.1. The zero-order valence-corrected chi connectivity index (χ0v) is 15.3. The molecule has 2 heteroatoms. The molecule has 0 aliphatic carbocycles. The summed E-state index contributed by atoms with van der Waals surface area (Å²) in [6.45, 7) is 2.28. The first-order chi connectivity index (χ1) is 11.9. The standard InChI is InChI=1S/C22H33NO/c1-2-3-4-5-6-7-8-9-10-14-17-22-19-21(23-24-22)18-20-15-12-11-13-16-20/h11-13,15-16,19H,2-10,14,17-18H2,1H3. The third-order valence-corrected chi connectivity index (χ3v) is 4.61. The molecule has 0 atom stereocenters. The Bertz CT molecular complexity index is 532. The van der Waals surface area contributed by atoms with Crippen LogP contribution in [0.4, 0.5) is 0 Å². The van der Waals surface area contributed by atoms with Gasteiger partial charge < -0.3 is 4.52 Å². The summed E-state index contributed by atoms with van der Waals surface area (Å²) in [5.41, 5.74) is 2.33. The van der Waals surface area contributed by atoms with E-state index in [1.165, 1.54) is 69.8 Å². The van der Waals surface area contributed by atoms with Crippen LogP contribution in [0, 0.1) is 0 Å². The van der Waals surface area contributed by atoms with Gasteiger partial charge in [0, 0.05) is 18.9 Å². The highest BCUT2D eigenvalue weighted by molar-refractivity contribution is 5.21. The monoisotopic (exact) mass is 327 g/mol. The van der Waals surface area contributed by atoms with Crippen molar-refractivity contribution in [1.29, 1.82) is 0 Å². The van der Waals surface area contributed by atoms with Gasteiger partial charge in [-0.15, -0.1) is 0 Å². The number of rotatable bonds is 13. The summed E-state index contributed by atoms with van der Waals surface area (Å²) in [5, 5.41) is 4.20. The topological polar surface area (TPSA) is 26.0 Å². The maximum absolute atomic E-state index is 5.47. The third-order valence-electron chi connectivity index (χ3n) is 4.61. The average Bonchev–Trinajstić information content (AvgIpc) is 3.05. The van der Waals surface area contributed by atoms with Gasteiger partial charge in [-0.05, 0) is 12.0 Å². The van der Waals surface area contributed by atoms with E-state index in [1.54, 1.807) is 0 Å². The van der Waals surface area contributed by atoms with Crippen LogP contribution in [0.3, 0.4) is 0 Å². The zero-order chi connectivity index (χ0) is 16.9. The van der Waals surface area contributed by atoms with Crippen molar-refractivity contribution in [3.05, 3.63) is 53.4 Å². The first-order valence-corrected chi connectivity index (χ1v) is 9.87. The molecule has 1 heterocycles. The van der Waals surface area contributed by atoms with Gasteiger partial charge in [0.1, 0.15) is 5.76 Å². The Balaban J connectivity index is 1.51. The lowest BCUT2D eigenvalue weighted by Gasteiger charge is -2.01. The van der Waals surface area contributed by atoms with Crippen LogP contribution in [-0.4, -0.2) is 5.16 Å². The van der Waals surface area contributed by atoms with Crippen molar-refractivity contribution in [2.24, 2.45) is 0 Å². The average molecular weight is 328 g/mol. The van der Waals surface area contributed by atoms with Gasteiger partial charge in [0.05, 0.1) is 5.69 Å². The molecule has 2 nitrogen and oxygen atoms in total. The van der Waals surface area contributed by atoms with E-state index in [1.807, 2.05) is 6.07 Å². The molecule has 0 aliphatic heterocycles. The van der Waals surface area contributed by atoms with Crippen LogP contribution in [0.25, 0.3) is 0 Å². The van der Waals surface area contributed by atoms with E-state index in [4.69, 9.17) is 4.52 Å². The van der Waals surface area contributed by atoms with E-state index >= 15 is 0 Å². The van der Waals surface area contributed by atoms with Gasteiger partial charge in [0.15, 0.2) is 0 Å². The Labute approximate surface area is 147 Å². The Morgan fingerprint density at radius 1 is 0.792 bits per heavy atom. The smallest absolute Gasteiger partial charge is 0.137 e. The van der Waals surface area contributed by atoms with E-state index in [0.717, 1.165) is 24.3 Å². The maximum Gasteiger partial charge on any atom is 0.137 e. The van der Waals surface area contributed by atoms with Gasteiger partial charge in [-0.3, -0.25) is 0 Å². The predicted molar refractivity (Wildman–Crippen MR) is 101 cm³/mol. The Hall–Kier alpha value is -1.57. The molecule has 0 amide bonds. The van der Waals surface area contributed by atoms with Gasteiger partial charge in [-0.2, -0.15) is 0 Å². The zero-order valence-electron chi connectivity index (χ0n) is 15.3. The number of aromatic nitrogens is 1. The molecular formula is C22H33NO. The van der Waals surface area contributed by atoms with Crippen LogP contribution in [-0.2, 0) is 12.8 Å². The van der Waals surface area contributed by atoms with Gasteiger partial charge in [-0.1, -0.05) is 100 Å². The van der Waals surface area contributed by atoms with Gasteiger partial charge in [0.25, 0.3) is 0 Å². The summed E-state index contributed by atoms with van der Waals surface area (Å²) in [6.07, 6.45) is 15.6. The molecule has 0 N–H and O–H groups in total. The van der Waals surface area contributed by atoms with E-state index in [-0.39, 0.29) is 0 Å². The highest BCUT2D eigenvalue weighted by Crippen LogP contribution is 2.14. The van der Waals surface area contributed by atoms with E-state index in [2.05, 4.69) is 42.4 Å². The van der Waals surface area contributed by atoms with Crippen molar-refractivity contribution < 1.29 is 4.52 Å². The Kier molecular flexibility index (Phi) is 9.29. The summed E-state index contributed by atoms with van der Waals surface area (Å²) in [5.74, 6) is 1.04. The fourth-order valence-corrected chi connectivity index (χ4v) is 3.15. The highest BCUT2D eigenvalue weighted by Gasteiger charge is 2.05. The summed E-state index contributed by atoms with van der Waals surface area (Å²) in [4.78, 5) is 0. The Morgan fingerprint density at radius 2 is 1.42 bits per heavy atom. The van der Waals surface area contributed by atoms with Crippen molar-refractivity contribution in [3.63, 3.8) is 0 Å². The minimum Gasteiger partial charge on any atom is -0.361 e. The van der Waals surface area contributed by atoms with Crippen LogP contribution in [0.2, 0.25) is 0 Å². The Morgan fingerprint density at radius 3 is 2.08 bits per heavy atom. The van der Waals surface area contributed by atoms with E-state index in [9.17, 15) is 0 Å². The normalized spacial score (nSPS) is 11.0. The molecule has 2 rings (SSSR count). The molecule has 0 saturated heterocycles. The second-order valence-corrected chi connectivity index (χ2v) is 6.88. The molecule has 1 aromatic carbocycles. The molecule has 0 unspecified atom stereocenters. The van der Waals surface area contributed by atoms with Gasteiger partial charge in [0.2, 0.25) is 0 Å². The minimum absolute atomic E-state index is 0.863. The first-order valence-electron chi connectivity index (χ1n) is 9.87. The first kappa shape index (κ1) is 18.8. The molecule has 0 aliphatic rings. The predicted octanol–water partition coefficient (Wildman–Crippen LogP) is 6.73. The molecule has 1 aromatic heterocycles. The molecular weight excluding hydrogens is 294 g/mol. The lowest BCUT2D eigenvalue weighted by Crippen LogP contribution is -1.87. The number of nitrogens with zero attached hydrogens (tertiary/aromatic N) is 1. The van der Waals surface area contributed by atoms with Crippen molar-refractivity contribution in [3.8, 4) is 0 Å². The number of benzene rings is 1. The quantitative estimate of drug-likeness (QED) is 0.381. The molecule has 24 heavy (non-hydrogen) atoms. The fraction of sp³-hybridized carbons (Fsp3) is 0.591. The molecule has 0 radical (unpaired) electrons.